The van der Waals surface area contributed by atoms with E-state index >= 15 is 0 Å². The molecule has 0 aromatic carbocycles. The van der Waals surface area contributed by atoms with E-state index in [9.17, 15) is 5.11 Å². The van der Waals surface area contributed by atoms with Gasteiger partial charge in [0.1, 0.15) is 0 Å². The molecule has 1 aliphatic heterocycles. The van der Waals surface area contributed by atoms with E-state index in [-0.39, 0.29) is 5.41 Å². The molecule has 1 fully saturated rings. The van der Waals surface area contributed by atoms with Crippen LogP contribution in [0.15, 0.2) is 0 Å². The van der Waals surface area contributed by atoms with Gasteiger partial charge >= 0.3 is 0 Å². The second-order valence-corrected chi connectivity index (χ2v) is 6.12. The molecule has 1 aliphatic rings. The zero-order chi connectivity index (χ0) is 12.9. The van der Waals surface area contributed by atoms with Crippen molar-refractivity contribution in [3.8, 4) is 0 Å². The molecule has 102 valence electrons. The third-order valence-electron chi connectivity index (χ3n) is 3.98. The highest BCUT2D eigenvalue weighted by Gasteiger charge is 2.27. The molecular formula is C14H30N2O. The fraction of sp³-hybridized carbons (Fsp3) is 1.00. The third-order valence-corrected chi connectivity index (χ3v) is 3.98. The van der Waals surface area contributed by atoms with Gasteiger partial charge in [0.15, 0.2) is 0 Å². The molecule has 1 heterocycles. The molecule has 0 amide bonds. The summed E-state index contributed by atoms with van der Waals surface area (Å²) >= 11 is 0. The van der Waals surface area contributed by atoms with Gasteiger partial charge in [-0.05, 0) is 20.3 Å². The minimum Gasteiger partial charge on any atom is -0.396 e. The first-order valence-corrected chi connectivity index (χ1v) is 7.08. The van der Waals surface area contributed by atoms with Crippen molar-refractivity contribution >= 4 is 0 Å². The van der Waals surface area contributed by atoms with Crippen LogP contribution < -0.4 is 0 Å². The topological polar surface area (TPSA) is 26.7 Å². The predicted octanol–water partition coefficient (Wildman–Crippen LogP) is 1.81. The molecule has 3 heteroatoms. The van der Waals surface area contributed by atoms with E-state index in [1.165, 1.54) is 13.1 Å². The number of aliphatic hydroxyl groups excluding tert-OH is 1. The van der Waals surface area contributed by atoms with Crippen molar-refractivity contribution in [1.82, 2.24) is 9.80 Å². The van der Waals surface area contributed by atoms with Gasteiger partial charge in [-0.25, -0.2) is 0 Å². The van der Waals surface area contributed by atoms with Crippen LogP contribution in [0.5, 0.6) is 0 Å². The summed E-state index contributed by atoms with van der Waals surface area (Å²) in [6.07, 6.45) is 2.27. The maximum atomic E-state index is 9.55. The number of aliphatic hydroxyl groups is 1. The molecule has 0 spiro atoms. The minimum atomic E-state index is 0.0920. The Bertz CT molecular complexity index is 212. The normalized spacial score (nSPS) is 22.9. The van der Waals surface area contributed by atoms with Gasteiger partial charge in [-0.2, -0.15) is 0 Å². The maximum Gasteiger partial charge on any atom is 0.0497 e. The lowest BCUT2D eigenvalue weighted by Gasteiger charge is -2.41. The third kappa shape index (κ3) is 4.57. The van der Waals surface area contributed by atoms with Crippen LogP contribution >= 0.6 is 0 Å². The molecule has 17 heavy (non-hydrogen) atoms. The van der Waals surface area contributed by atoms with Crippen molar-refractivity contribution in [3.05, 3.63) is 0 Å². The maximum absolute atomic E-state index is 9.55. The molecule has 1 saturated heterocycles. The second-order valence-electron chi connectivity index (χ2n) is 6.12. The van der Waals surface area contributed by atoms with Crippen LogP contribution in [0.3, 0.4) is 0 Å². The van der Waals surface area contributed by atoms with E-state index < -0.39 is 0 Å². The fourth-order valence-corrected chi connectivity index (χ4v) is 2.79. The van der Waals surface area contributed by atoms with Gasteiger partial charge in [-0.1, -0.05) is 20.3 Å². The average molecular weight is 242 g/mol. The first-order valence-electron chi connectivity index (χ1n) is 7.08. The molecule has 0 radical (unpaired) electrons. The molecule has 0 bridgehead atoms. The molecule has 0 saturated carbocycles. The lowest BCUT2D eigenvalue weighted by Crippen LogP contribution is -2.51. The Kier molecular flexibility index (Phi) is 5.90. The largest absolute Gasteiger partial charge is 0.396 e. The summed E-state index contributed by atoms with van der Waals surface area (Å²) in [6, 6.07) is 0.664. The summed E-state index contributed by atoms with van der Waals surface area (Å²) in [5, 5.41) is 9.55. The molecule has 0 aliphatic carbocycles. The van der Waals surface area contributed by atoms with E-state index in [1.807, 2.05) is 0 Å². The standard InChI is InChI=1S/C14H30N2O/c1-5-6-14(4,12-17)11-15-7-9-16(10-8-15)13(2)3/h13,17H,5-12H2,1-4H3. The van der Waals surface area contributed by atoms with Gasteiger partial charge < -0.3 is 10.0 Å². The van der Waals surface area contributed by atoms with Crippen LogP contribution in [0.25, 0.3) is 0 Å². The molecule has 1 rings (SSSR count). The number of hydrogen-bond donors (Lipinski definition) is 1. The molecule has 1 atom stereocenters. The van der Waals surface area contributed by atoms with Crippen LogP contribution in [0.1, 0.15) is 40.5 Å². The first-order chi connectivity index (χ1) is 8.00. The Balaban J connectivity index is 2.38. The lowest BCUT2D eigenvalue weighted by molar-refractivity contribution is 0.0434. The van der Waals surface area contributed by atoms with Gasteiger partial charge in [0.2, 0.25) is 0 Å². The summed E-state index contributed by atoms with van der Waals surface area (Å²) in [6.45, 7) is 14.9. The highest BCUT2D eigenvalue weighted by molar-refractivity contribution is 4.81. The molecule has 3 nitrogen and oxygen atoms in total. The zero-order valence-corrected chi connectivity index (χ0v) is 12.1. The van der Waals surface area contributed by atoms with Crippen molar-refractivity contribution in [2.75, 3.05) is 39.3 Å². The van der Waals surface area contributed by atoms with E-state index in [4.69, 9.17) is 0 Å². The van der Waals surface area contributed by atoms with Crippen molar-refractivity contribution in [2.45, 2.75) is 46.6 Å². The molecule has 0 aromatic heterocycles. The molecular weight excluding hydrogens is 212 g/mol. The fourth-order valence-electron chi connectivity index (χ4n) is 2.79. The smallest absolute Gasteiger partial charge is 0.0497 e. The molecule has 0 aromatic rings. The molecule has 1 N–H and O–H groups in total. The van der Waals surface area contributed by atoms with Crippen LogP contribution in [0, 0.1) is 5.41 Å². The summed E-state index contributed by atoms with van der Waals surface area (Å²) in [5.74, 6) is 0. The number of hydrogen-bond acceptors (Lipinski definition) is 3. The SMILES string of the molecule is CCCC(C)(CO)CN1CCN(C(C)C)CC1. The van der Waals surface area contributed by atoms with Crippen LogP contribution in [-0.2, 0) is 0 Å². The Morgan fingerprint density at radius 3 is 2.18 bits per heavy atom. The van der Waals surface area contributed by atoms with E-state index in [0.717, 1.165) is 32.5 Å². The highest BCUT2D eigenvalue weighted by atomic mass is 16.3. The van der Waals surface area contributed by atoms with Gasteiger partial charge in [0.25, 0.3) is 0 Å². The molecule has 1 unspecified atom stereocenters. The number of piperazine rings is 1. The van der Waals surface area contributed by atoms with Gasteiger partial charge in [0, 0.05) is 50.8 Å². The van der Waals surface area contributed by atoms with Gasteiger partial charge in [-0.3, -0.25) is 4.90 Å². The van der Waals surface area contributed by atoms with Gasteiger partial charge in [0.05, 0.1) is 0 Å². The van der Waals surface area contributed by atoms with Crippen molar-refractivity contribution in [1.29, 1.82) is 0 Å². The average Bonchev–Trinajstić information content (AvgIpc) is 2.30. The highest BCUT2D eigenvalue weighted by Crippen LogP contribution is 2.24. The Morgan fingerprint density at radius 2 is 1.76 bits per heavy atom. The number of rotatable bonds is 6. The quantitative estimate of drug-likeness (QED) is 0.769. The lowest BCUT2D eigenvalue weighted by atomic mass is 9.86. The van der Waals surface area contributed by atoms with Crippen LogP contribution in [0.4, 0.5) is 0 Å². The minimum absolute atomic E-state index is 0.0920. The Labute approximate surface area is 107 Å². The van der Waals surface area contributed by atoms with Crippen molar-refractivity contribution < 1.29 is 5.11 Å². The van der Waals surface area contributed by atoms with E-state index in [2.05, 4.69) is 37.5 Å². The summed E-state index contributed by atoms with van der Waals surface area (Å²) in [7, 11) is 0. The van der Waals surface area contributed by atoms with Crippen LogP contribution in [0.2, 0.25) is 0 Å². The Hall–Kier alpha value is -0.120. The first kappa shape index (κ1) is 14.9. The van der Waals surface area contributed by atoms with Crippen LogP contribution in [-0.4, -0.2) is 60.3 Å². The van der Waals surface area contributed by atoms with Crippen molar-refractivity contribution in [3.63, 3.8) is 0 Å². The van der Waals surface area contributed by atoms with Crippen molar-refractivity contribution in [2.24, 2.45) is 5.41 Å². The summed E-state index contributed by atoms with van der Waals surface area (Å²) < 4.78 is 0. The number of nitrogens with zero attached hydrogens (tertiary/aromatic N) is 2. The van der Waals surface area contributed by atoms with Gasteiger partial charge in [-0.15, -0.1) is 0 Å². The summed E-state index contributed by atoms with van der Waals surface area (Å²) in [5.41, 5.74) is 0.0920. The van der Waals surface area contributed by atoms with E-state index in [1.54, 1.807) is 0 Å². The monoisotopic (exact) mass is 242 g/mol. The Morgan fingerprint density at radius 1 is 1.18 bits per heavy atom. The zero-order valence-electron chi connectivity index (χ0n) is 12.1. The second kappa shape index (κ2) is 6.72. The van der Waals surface area contributed by atoms with E-state index in [0.29, 0.717) is 12.6 Å². The predicted molar refractivity (Wildman–Crippen MR) is 73.2 cm³/mol. The summed E-state index contributed by atoms with van der Waals surface area (Å²) in [4.78, 5) is 5.05.